The molecule has 0 unspecified atom stereocenters. The molecule has 0 saturated carbocycles. The summed E-state index contributed by atoms with van der Waals surface area (Å²) in [7, 11) is 2.75. The van der Waals surface area contributed by atoms with Gasteiger partial charge in [0.2, 0.25) is 0 Å². The van der Waals surface area contributed by atoms with Crippen LogP contribution in [0.5, 0.6) is 5.75 Å². The number of carboxylic acid groups (broad SMARTS) is 1. The largest absolute Gasteiger partial charge is 0.506 e. The van der Waals surface area contributed by atoms with Crippen molar-refractivity contribution in [1.82, 2.24) is 4.98 Å². The summed E-state index contributed by atoms with van der Waals surface area (Å²) < 4.78 is 0. The highest BCUT2D eigenvalue weighted by Gasteiger charge is 2.13. The van der Waals surface area contributed by atoms with E-state index in [1.54, 1.807) is 37.4 Å². The van der Waals surface area contributed by atoms with Crippen LogP contribution >= 0.6 is 21.6 Å². The number of hydrogen-bond acceptors (Lipinski definition) is 5. The number of benzene rings is 1. The van der Waals surface area contributed by atoms with Gasteiger partial charge in [0, 0.05) is 22.4 Å². The van der Waals surface area contributed by atoms with Crippen molar-refractivity contribution >= 4 is 27.6 Å². The third-order valence-electron chi connectivity index (χ3n) is 2.97. The summed E-state index contributed by atoms with van der Waals surface area (Å²) in [6.07, 6.45) is 6.98. The Morgan fingerprint density at radius 1 is 1.41 bits per heavy atom. The first-order valence-electron chi connectivity index (χ1n) is 6.30. The molecule has 4 nitrogen and oxygen atoms in total. The van der Waals surface area contributed by atoms with Gasteiger partial charge in [0.05, 0.1) is 16.8 Å². The maximum Gasteiger partial charge on any atom is 0.336 e. The van der Waals surface area contributed by atoms with E-state index in [-0.39, 0.29) is 11.3 Å². The Hall–Kier alpha value is -2.10. The van der Waals surface area contributed by atoms with Crippen LogP contribution in [0.4, 0.5) is 0 Å². The molecule has 0 radical (unpaired) electrons. The number of aromatic nitrogens is 1. The van der Waals surface area contributed by atoms with Crippen molar-refractivity contribution in [2.24, 2.45) is 0 Å². The number of rotatable bonds is 5. The predicted molar refractivity (Wildman–Crippen MR) is 89.1 cm³/mol. The highest BCUT2D eigenvalue weighted by molar-refractivity contribution is 8.76. The van der Waals surface area contributed by atoms with Gasteiger partial charge in [0.25, 0.3) is 0 Å². The maximum atomic E-state index is 11.2. The summed E-state index contributed by atoms with van der Waals surface area (Å²) in [4.78, 5) is 15.8. The molecular weight excluding hydrogens is 318 g/mol. The number of aryl methyl sites for hydroxylation is 1. The van der Waals surface area contributed by atoms with Crippen LogP contribution in [0.1, 0.15) is 27.2 Å². The summed E-state index contributed by atoms with van der Waals surface area (Å²) in [5.41, 5.74) is 1.96. The molecule has 0 spiro atoms. The minimum Gasteiger partial charge on any atom is -0.506 e. The summed E-state index contributed by atoms with van der Waals surface area (Å²) in [5.74, 6) is 2.08. The molecule has 0 fully saturated rings. The number of aromatic carboxylic acids is 1. The van der Waals surface area contributed by atoms with E-state index in [0.717, 1.165) is 0 Å². The lowest BCUT2D eigenvalue weighted by molar-refractivity contribution is 0.0693. The minimum atomic E-state index is -0.962. The first kappa shape index (κ1) is 16.3. The Morgan fingerprint density at radius 3 is 2.82 bits per heavy atom. The topological polar surface area (TPSA) is 70.4 Å². The molecule has 0 saturated heterocycles. The second-order valence-corrected chi connectivity index (χ2v) is 6.71. The zero-order chi connectivity index (χ0) is 16.1. The lowest BCUT2D eigenvalue weighted by atomic mass is 10.1. The average Bonchev–Trinajstić information content (AvgIpc) is 2.52. The number of carboxylic acids is 1. The fourth-order valence-electron chi connectivity index (χ4n) is 1.78. The molecule has 2 N–H and O–H groups in total. The number of aromatic hydroxyl groups is 1. The van der Waals surface area contributed by atoms with Crippen molar-refractivity contribution in [2.45, 2.75) is 17.6 Å². The number of pyridine rings is 1. The first-order chi connectivity index (χ1) is 10.5. The molecule has 0 aliphatic carbocycles. The average molecular weight is 331 g/mol. The van der Waals surface area contributed by atoms with Crippen LogP contribution in [0.3, 0.4) is 0 Å². The highest BCUT2D eigenvalue weighted by atomic mass is 33.1. The molecule has 0 aliphatic rings. The molecular formula is C16H13NO3S2. The minimum absolute atomic E-state index is 0.0927. The van der Waals surface area contributed by atoms with Gasteiger partial charge in [-0.3, -0.25) is 4.98 Å². The number of hydrogen-bond donors (Lipinski definition) is 2. The number of nitrogens with zero attached hydrogens (tertiary/aromatic N) is 1. The standard InChI is InChI=1S/C16H13NO3S2/c1-3-11-8-17-10(2)15(18)13(11)9-21-22-14-7-5-4-6-12(14)16(19)20/h1,4-8,18H,9H2,2H3,(H,19,20). The molecule has 0 bridgehead atoms. The van der Waals surface area contributed by atoms with Gasteiger partial charge in [-0.2, -0.15) is 0 Å². The van der Waals surface area contributed by atoms with Crippen LogP contribution < -0.4 is 0 Å². The van der Waals surface area contributed by atoms with Crippen molar-refractivity contribution in [2.75, 3.05) is 0 Å². The van der Waals surface area contributed by atoms with E-state index < -0.39 is 5.97 Å². The van der Waals surface area contributed by atoms with Gasteiger partial charge < -0.3 is 10.2 Å². The van der Waals surface area contributed by atoms with E-state index in [1.165, 1.54) is 21.6 Å². The smallest absolute Gasteiger partial charge is 0.336 e. The van der Waals surface area contributed by atoms with E-state index in [1.807, 2.05) is 0 Å². The Kier molecular flexibility index (Phi) is 5.36. The molecule has 6 heteroatoms. The molecule has 1 aromatic carbocycles. The Morgan fingerprint density at radius 2 is 2.14 bits per heavy atom. The molecule has 2 rings (SSSR count). The van der Waals surface area contributed by atoms with Crippen LogP contribution in [0.25, 0.3) is 0 Å². The molecule has 112 valence electrons. The summed E-state index contributed by atoms with van der Waals surface area (Å²) >= 11 is 0. The lowest BCUT2D eigenvalue weighted by Gasteiger charge is -2.09. The normalized spacial score (nSPS) is 10.2. The molecule has 2 aromatic rings. The van der Waals surface area contributed by atoms with Gasteiger partial charge in [0.15, 0.2) is 0 Å². The Labute approximate surface area is 136 Å². The highest BCUT2D eigenvalue weighted by Crippen LogP contribution is 2.38. The molecule has 1 heterocycles. The first-order valence-corrected chi connectivity index (χ1v) is 8.62. The van der Waals surface area contributed by atoms with Crippen LogP contribution in [0.2, 0.25) is 0 Å². The van der Waals surface area contributed by atoms with E-state index in [9.17, 15) is 9.90 Å². The Balaban J connectivity index is 2.15. The quantitative estimate of drug-likeness (QED) is 0.643. The van der Waals surface area contributed by atoms with Gasteiger partial charge in [-0.1, -0.05) is 39.6 Å². The molecule has 0 atom stereocenters. The summed E-state index contributed by atoms with van der Waals surface area (Å²) in [5, 5.41) is 19.2. The third kappa shape index (κ3) is 3.56. The molecule has 1 aromatic heterocycles. The van der Waals surface area contributed by atoms with Gasteiger partial charge in [-0.25, -0.2) is 4.79 Å². The van der Waals surface area contributed by atoms with Crippen LogP contribution in [-0.4, -0.2) is 21.2 Å². The number of terminal acetylenes is 1. The monoisotopic (exact) mass is 331 g/mol. The fraction of sp³-hybridized carbons (Fsp3) is 0.125. The zero-order valence-electron chi connectivity index (χ0n) is 11.7. The summed E-state index contributed by atoms with van der Waals surface area (Å²) in [6, 6.07) is 6.79. The predicted octanol–water partition coefficient (Wildman–Crippen LogP) is 3.72. The van der Waals surface area contributed by atoms with Crippen molar-refractivity contribution in [3.63, 3.8) is 0 Å². The van der Waals surface area contributed by atoms with Crippen LogP contribution in [-0.2, 0) is 5.75 Å². The van der Waals surface area contributed by atoms with E-state index in [4.69, 9.17) is 11.5 Å². The van der Waals surface area contributed by atoms with Gasteiger partial charge in [0.1, 0.15) is 5.75 Å². The molecule has 22 heavy (non-hydrogen) atoms. The van der Waals surface area contributed by atoms with E-state index in [2.05, 4.69) is 10.9 Å². The van der Waals surface area contributed by atoms with E-state index in [0.29, 0.717) is 27.5 Å². The van der Waals surface area contributed by atoms with Crippen molar-refractivity contribution < 1.29 is 15.0 Å². The Bertz CT molecular complexity index is 754. The van der Waals surface area contributed by atoms with Crippen molar-refractivity contribution in [3.05, 3.63) is 52.8 Å². The lowest BCUT2D eigenvalue weighted by Crippen LogP contribution is -1.97. The summed E-state index contributed by atoms with van der Waals surface area (Å²) in [6.45, 7) is 1.71. The number of carbonyl (C=O) groups is 1. The maximum absolute atomic E-state index is 11.2. The van der Waals surface area contributed by atoms with Crippen LogP contribution in [0, 0.1) is 19.3 Å². The molecule has 0 amide bonds. The van der Waals surface area contributed by atoms with Gasteiger partial charge >= 0.3 is 5.97 Å². The van der Waals surface area contributed by atoms with Crippen molar-refractivity contribution in [1.29, 1.82) is 0 Å². The zero-order valence-corrected chi connectivity index (χ0v) is 13.4. The SMILES string of the molecule is C#Cc1cnc(C)c(O)c1CSSc1ccccc1C(=O)O. The fourth-order valence-corrected chi connectivity index (χ4v) is 4.11. The van der Waals surface area contributed by atoms with Crippen molar-refractivity contribution in [3.8, 4) is 18.1 Å². The molecule has 0 aliphatic heterocycles. The second kappa shape index (κ2) is 7.25. The van der Waals surface area contributed by atoms with Crippen LogP contribution in [0.15, 0.2) is 35.4 Å². The van der Waals surface area contributed by atoms with Gasteiger partial charge in [-0.15, -0.1) is 6.42 Å². The third-order valence-corrected chi connectivity index (χ3v) is 5.27. The van der Waals surface area contributed by atoms with E-state index >= 15 is 0 Å². The second-order valence-electron chi connectivity index (χ2n) is 4.38. The van der Waals surface area contributed by atoms with Gasteiger partial charge in [-0.05, 0) is 19.1 Å².